The van der Waals surface area contributed by atoms with E-state index < -0.39 is 11.8 Å². The van der Waals surface area contributed by atoms with Gasteiger partial charge in [-0.3, -0.25) is 9.59 Å². The van der Waals surface area contributed by atoms with Crippen molar-refractivity contribution in [1.82, 2.24) is 4.90 Å². The van der Waals surface area contributed by atoms with Crippen LogP contribution in [0.4, 0.5) is 5.69 Å². The first-order chi connectivity index (χ1) is 11.1. The van der Waals surface area contributed by atoms with Crippen molar-refractivity contribution >= 4 is 17.5 Å². The van der Waals surface area contributed by atoms with Crippen LogP contribution in [0.25, 0.3) is 0 Å². The maximum Gasteiger partial charge on any atom is 0.313 e. The molecule has 2 amide bonds. The number of piperidine rings is 1. The lowest BCUT2D eigenvalue weighted by Gasteiger charge is -2.36. The molecule has 2 fully saturated rings. The van der Waals surface area contributed by atoms with E-state index in [1.807, 2.05) is 24.3 Å². The molecule has 2 atom stereocenters. The van der Waals surface area contributed by atoms with Crippen LogP contribution in [0, 0.1) is 0 Å². The Bertz CT molecular complexity index is 588. The molecule has 2 aliphatic rings. The van der Waals surface area contributed by atoms with Crippen LogP contribution in [0.1, 0.15) is 44.6 Å². The Morgan fingerprint density at radius 2 is 1.87 bits per heavy atom. The van der Waals surface area contributed by atoms with Gasteiger partial charge in [-0.1, -0.05) is 31.5 Å². The maximum atomic E-state index is 12.6. The van der Waals surface area contributed by atoms with Crippen molar-refractivity contribution in [1.29, 1.82) is 0 Å². The van der Waals surface area contributed by atoms with Gasteiger partial charge in [-0.15, -0.1) is 0 Å². The summed E-state index contributed by atoms with van der Waals surface area (Å²) in [5, 5.41) is 12.6. The summed E-state index contributed by atoms with van der Waals surface area (Å²) in [6, 6.07) is 7.63. The highest BCUT2D eigenvalue weighted by atomic mass is 16.3. The Labute approximate surface area is 136 Å². The minimum atomic E-state index is -0.568. The van der Waals surface area contributed by atoms with Gasteiger partial charge in [-0.25, -0.2) is 0 Å². The third kappa shape index (κ3) is 3.24. The lowest BCUT2D eigenvalue weighted by molar-refractivity contribution is -0.147. The van der Waals surface area contributed by atoms with E-state index in [9.17, 15) is 14.7 Å². The number of amides is 2. The lowest BCUT2D eigenvalue weighted by atomic mass is 10.00. The molecule has 5 heteroatoms. The van der Waals surface area contributed by atoms with E-state index >= 15 is 0 Å². The Morgan fingerprint density at radius 1 is 1.22 bits per heavy atom. The zero-order valence-corrected chi connectivity index (χ0v) is 13.5. The van der Waals surface area contributed by atoms with E-state index in [-0.39, 0.29) is 18.2 Å². The van der Waals surface area contributed by atoms with Crippen LogP contribution in [0.3, 0.4) is 0 Å². The average molecular weight is 316 g/mol. The number of fused-ring (bicyclic) bond motifs is 2. The number of hydrogen-bond donors (Lipinski definition) is 2. The summed E-state index contributed by atoms with van der Waals surface area (Å²) >= 11 is 0. The fourth-order valence-electron chi connectivity index (χ4n) is 3.90. The predicted octanol–water partition coefficient (Wildman–Crippen LogP) is 2.09. The van der Waals surface area contributed by atoms with Gasteiger partial charge in [0.15, 0.2) is 0 Å². The van der Waals surface area contributed by atoms with Crippen LogP contribution in [0.5, 0.6) is 0 Å². The number of rotatable bonds is 3. The molecule has 0 aliphatic carbocycles. The third-order valence-electron chi connectivity index (χ3n) is 4.92. The zero-order valence-electron chi connectivity index (χ0n) is 13.5. The molecule has 2 heterocycles. The normalized spacial score (nSPS) is 26.2. The molecule has 2 aliphatic heterocycles. The van der Waals surface area contributed by atoms with Crippen LogP contribution in [0.2, 0.25) is 0 Å². The number of carbonyl (C=O) groups excluding carboxylic acids is 2. The van der Waals surface area contributed by atoms with Crippen LogP contribution in [0.15, 0.2) is 24.3 Å². The van der Waals surface area contributed by atoms with Crippen LogP contribution in [-0.2, 0) is 16.0 Å². The van der Waals surface area contributed by atoms with Crippen molar-refractivity contribution in [3.8, 4) is 0 Å². The number of aliphatic hydroxyl groups is 1. The second-order valence-corrected chi connectivity index (χ2v) is 6.58. The lowest BCUT2D eigenvalue weighted by Crippen LogP contribution is -2.51. The number of nitrogens with zero attached hydrogens (tertiary/aromatic N) is 1. The summed E-state index contributed by atoms with van der Waals surface area (Å²) in [6.07, 6.45) is 4.44. The molecule has 0 saturated carbocycles. The summed E-state index contributed by atoms with van der Waals surface area (Å²) in [7, 11) is 0. The maximum absolute atomic E-state index is 12.6. The summed E-state index contributed by atoms with van der Waals surface area (Å²) in [5.41, 5.74) is 1.77. The topological polar surface area (TPSA) is 69.6 Å². The predicted molar refractivity (Wildman–Crippen MR) is 88.0 cm³/mol. The molecule has 3 rings (SSSR count). The smallest absolute Gasteiger partial charge is 0.313 e. The quantitative estimate of drug-likeness (QED) is 0.839. The first-order valence-corrected chi connectivity index (χ1v) is 8.49. The standard InChI is InChI=1S/C18H24N2O3/c1-2-5-12-6-3-4-7-16(12)19-17(22)18(23)20-13-8-9-14(20)11-15(21)10-13/h3-4,6-7,13-15,21H,2,5,8-11H2,1H3,(H,19,22)/t13-,14-/m0/s1. The van der Waals surface area contributed by atoms with Crippen LogP contribution in [-0.4, -0.2) is 40.0 Å². The second-order valence-electron chi connectivity index (χ2n) is 6.58. The summed E-state index contributed by atoms with van der Waals surface area (Å²) in [4.78, 5) is 26.7. The number of para-hydroxylation sites is 1. The van der Waals surface area contributed by atoms with Gasteiger partial charge in [0.2, 0.25) is 0 Å². The van der Waals surface area contributed by atoms with Crippen molar-refractivity contribution in [2.45, 2.75) is 63.6 Å². The van der Waals surface area contributed by atoms with Crippen molar-refractivity contribution in [3.63, 3.8) is 0 Å². The monoisotopic (exact) mass is 316 g/mol. The minimum absolute atomic E-state index is 0.00730. The number of aryl methyl sites for hydroxylation is 1. The molecular weight excluding hydrogens is 292 g/mol. The molecule has 2 bridgehead atoms. The van der Waals surface area contributed by atoms with Gasteiger partial charge in [0, 0.05) is 17.8 Å². The van der Waals surface area contributed by atoms with Gasteiger partial charge < -0.3 is 15.3 Å². The number of nitrogens with one attached hydrogen (secondary N) is 1. The van der Waals surface area contributed by atoms with Crippen molar-refractivity contribution in [3.05, 3.63) is 29.8 Å². The largest absolute Gasteiger partial charge is 0.393 e. The molecule has 0 spiro atoms. The number of benzene rings is 1. The van der Waals surface area contributed by atoms with Gasteiger partial charge in [0.25, 0.3) is 0 Å². The van der Waals surface area contributed by atoms with Crippen molar-refractivity contribution < 1.29 is 14.7 Å². The molecule has 0 unspecified atom stereocenters. The average Bonchev–Trinajstić information content (AvgIpc) is 2.80. The molecule has 124 valence electrons. The number of carbonyl (C=O) groups is 2. The molecule has 23 heavy (non-hydrogen) atoms. The highest BCUT2D eigenvalue weighted by Crippen LogP contribution is 2.35. The van der Waals surface area contributed by atoms with Crippen LogP contribution < -0.4 is 5.32 Å². The Kier molecular flexibility index (Phi) is 4.66. The minimum Gasteiger partial charge on any atom is -0.393 e. The third-order valence-corrected chi connectivity index (χ3v) is 4.92. The second kappa shape index (κ2) is 6.71. The van der Waals surface area contributed by atoms with E-state index in [0.717, 1.165) is 36.9 Å². The SMILES string of the molecule is CCCc1ccccc1NC(=O)C(=O)N1[C@H]2CC[C@H]1CC(O)C2. The van der Waals surface area contributed by atoms with E-state index in [4.69, 9.17) is 0 Å². The molecule has 5 nitrogen and oxygen atoms in total. The number of anilines is 1. The van der Waals surface area contributed by atoms with E-state index in [2.05, 4.69) is 12.2 Å². The molecule has 0 aromatic heterocycles. The van der Waals surface area contributed by atoms with E-state index in [1.54, 1.807) is 4.90 Å². The van der Waals surface area contributed by atoms with E-state index in [0.29, 0.717) is 12.8 Å². The highest BCUT2D eigenvalue weighted by Gasteiger charge is 2.44. The van der Waals surface area contributed by atoms with Gasteiger partial charge in [-0.05, 0) is 43.7 Å². The first-order valence-electron chi connectivity index (χ1n) is 8.49. The number of aliphatic hydroxyl groups excluding tert-OH is 1. The Hall–Kier alpha value is -1.88. The molecular formula is C18H24N2O3. The zero-order chi connectivity index (χ0) is 16.4. The fraction of sp³-hybridized carbons (Fsp3) is 0.556. The number of hydrogen-bond acceptors (Lipinski definition) is 3. The van der Waals surface area contributed by atoms with Crippen LogP contribution >= 0.6 is 0 Å². The van der Waals surface area contributed by atoms with E-state index in [1.165, 1.54) is 0 Å². The summed E-state index contributed by atoms with van der Waals surface area (Å²) < 4.78 is 0. The summed E-state index contributed by atoms with van der Waals surface area (Å²) in [5.74, 6) is -1.03. The van der Waals surface area contributed by atoms with Gasteiger partial charge in [-0.2, -0.15) is 0 Å². The van der Waals surface area contributed by atoms with Gasteiger partial charge >= 0.3 is 11.8 Å². The van der Waals surface area contributed by atoms with Crippen molar-refractivity contribution in [2.75, 3.05) is 5.32 Å². The van der Waals surface area contributed by atoms with Gasteiger partial charge in [0.05, 0.1) is 6.10 Å². The first kappa shape index (κ1) is 16.0. The summed E-state index contributed by atoms with van der Waals surface area (Å²) in [6.45, 7) is 2.08. The molecule has 2 N–H and O–H groups in total. The Morgan fingerprint density at radius 3 is 2.52 bits per heavy atom. The molecule has 2 saturated heterocycles. The van der Waals surface area contributed by atoms with Gasteiger partial charge in [0.1, 0.15) is 0 Å². The van der Waals surface area contributed by atoms with Crippen molar-refractivity contribution in [2.24, 2.45) is 0 Å². The molecule has 0 radical (unpaired) electrons. The fourth-order valence-corrected chi connectivity index (χ4v) is 3.90. The highest BCUT2D eigenvalue weighted by molar-refractivity contribution is 6.39. The molecule has 1 aromatic carbocycles. The molecule has 1 aromatic rings. The Balaban J connectivity index is 1.70.